The molecule has 5 nitrogen and oxygen atoms in total. The molecule has 0 N–H and O–H groups in total. The number of hydrogen-bond acceptors (Lipinski definition) is 5. The summed E-state index contributed by atoms with van der Waals surface area (Å²) in [5.41, 5.74) is -0.209. The van der Waals surface area contributed by atoms with Crippen LogP contribution >= 0.6 is 0 Å². The Morgan fingerprint density at radius 3 is 1.88 bits per heavy atom. The molecule has 0 saturated carbocycles. The number of rotatable bonds is 9. The maximum absolute atomic E-state index is 11.4. The summed E-state index contributed by atoms with van der Waals surface area (Å²) in [6, 6.07) is 2.27. The largest absolute Gasteiger partial charge is 0.469 e. The van der Waals surface area contributed by atoms with Crippen molar-refractivity contribution in [1.29, 1.82) is 5.26 Å². The molecule has 0 bridgehead atoms. The van der Waals surface area contributed by atoms with E-state index in [0.29, 0.717) is 0 Å². The molecule has 0 aromatic heterocycles. The number of hydrogen-bond donors (Lipinski definition) is 0. The Hall–Kier alpha value is -2.35. The monoisotopic (exact) mass is 335 g/mol. The van der Waals surface area contributed by atoms with E-state index >= 15 is 0 Å². The summed E-state index contributed by atoms with van der Waals surface area (Å²) >= 11 is 0. The lowest BCUT2D eigenvalue weighted by atomic mass is 9.73. The lowest BCUT2D eigenvalue weighted by Gasteiger charge is -2.27. The van der Waals surface area contributed by atoms with Crippen LogP contribution in [0.15, 0.2) is 36.5 Å². The number of methoxy groups -OCH3 is 2. The van der Waals surface area contributed by atoms with E-state index in [1.165, 1.54) is 14.2 Å². The quantitative estimate of drug-likeness (QED) is 0.468. The molecule has 0 rings (SSSR count). The molecule has 0 radical (unpaired) electrons. The second-order valence-electron chi connectivity index (χ2n) is 4.69. The molecular formula is C19H29NO4. The zero-order valence-corrected chi connectivity index (χ0v) is 15.4. The first-order chi connectivity index (χ1) is 11.5. The first-order valence-corrected chi connectivity index (χ1v) is 8.00. The van der Waals surface area contributed by atoms with E-state index in [4.69, 9.17) is 0 Å². The highest BCUT2D eigenvalue weighted by atomic mass is 16.5. The van der Waals surface area contributed by atoms with Gasteiger partial charge in [0.2, 0.25) is 0 Å². The predicted molar refractivity (Wildman–Crippen MR) is 95.0 cm³/mol. The molecule has 0 unspecified atom stereocenters. The third kappa shape index (κ3) is 8.33. The summed E-state index contributed by atoms with van der Waals surface area (Å²) in [6.07, 6.45) is 7.64. The van der Waals surface area contributed by atoms with Crippen LogP contribution in [0.1, 0.15) is 46.5 Å². The maximum Gasteiger partial charge on any atom is 0.305 e. The summed E-state index contributed by atoms with van der Waals surface area (Å²) in [5.74, 6) is -0.776. The average Bonchev–Trinajstić information content (AvgIpc) is 2.64. The number of carbonyl (C=O) groups is 2. The zero-order chi connectivity index (χ0) is 19.0. The lowest BCUT2D eigenvalue weighted by molar-refractivity contribution is -0.141. The van der Waals surface area contributed by atoms with E-state index in [9.17, 15) is 14.9 Å². The van der Waals surface area contributed by atoms with Gasteiger partial charge < -0.3 is 9.47 Å². The summed E-state index contributed by atoms with van der Waals surface area (Å²) in [6.45, 7) is 9.42. The van der Waals surface area contributed by atoms with Gasteiger partial charge in [-0.15, -0.1) is 0 Å². The second kappa shape index (κ2) is 14.3. The van der Waals surface area contributed by atoms with Crippen molar-refractivity contribution in [2.24, 2.45) is 5.41 Å². The molecule has 0 saturated heterocycles. The fourth-order valence-electron chi connectivity index (χ4n) is 2.13. The Morgan fingerprint density at radius 2 is 1.58 bits per heavy atom. The van der Waals surface area contributed by atoms with Crippen molar-refractivity contribution < 1.29 is 19.1 Å². The number of ether oxygens (including phenoxy) is 2. The Morgan fingerprint density at radius 1 is 1.12 bits per heavy atom. The SMILES string of the molecule is C=C/C=C\C(=C/C)C(C#N)(CCC(=O)OC)CCC(=O)OC.CC. The highest BCUT2D eigenvalue weighted by molar-refractivity contribution is 5.70. The smallest absolute Gasteiger partial charge is 0.305 e. The van der Waals surface area contributed by atoms with Gasteiger partial charge in [-0.05, 0) is 25.3 Å². The highest BCUT2D eigenvalue weighted by Crippen LogP contribution is 2.38. The fourth-order valence-corrected chi connectivity index (χ4v) is 2.13. The van der Waals surface area contributed by atoms with Crippen LogP contribution in [0.3, 0.4) is 0 Å². The minimum Gasteiger partial charge on any atom is -0.469 e. The van der Waals surface area contributed by atoms with Gasteiger partial charge in [0.25, 0.3) is 0 Å². The first kappa shape index (κ1) is 23.9. The average molecular weight is 335 g/mol. The predicted octanol–water partition coefficient (Wildman–Crippen LogP) is 4.12. The van der Waals surface area contributed by atoms with Gasteiger partial charge in [-0.3, -0.25) is 9.59 Å². The van der Waals surface area contributed by atoms with E-state index in [2.05, 4.69) is 22.1 Å². The van der Waals surface area contributed by atoms with Crippen LogP contribution in [-0.4, -0.2) is 26.2 Å². The van der Waals surface area contributed by atoms with Crippen LogP contribution in [0, 0.1) is 16.7 Å². The Kier molecular flexibility index (Phi) is 14.2. The molecule has 0 aromatic rings. The molecule has 0 aliphatic rings. The number of carbonyl (C=O) groups excluding carboxylic acids is 2. The number of esters is 2. The van der Waals surface area contributed by atoms with Crippen molar-refractivity contribution in [2.75, 3.05) is 14.2 Å². The van der Waals surface area contributed by atoms with E-state index in [-0.39, 0.29) is 37.6 Å². The number of nitriles is 1. The van der Waals surface area contributed by atoms with Crippen LogP contribution in [0.4, 0.5) is 0 Å². The van der Waals surface area contributed by atoms with Crippen molar-refractivity contribution in [3.63, 3.8) is 0 Å². The van der Waals surface area contributed by atoms with Crippen LogP contribution in [0.2, 0.25) is 0 Å². The molecule has 0 atom stereocenters. The van der Waals surface area contributed by atoms with Crippen LogP contribution < -0.4 is 0 Å². The van der Waals surface area contributed by atoms with Gasteiger partial charge in [0.1, 0.15) is 0 Å². The summed E-state index contributed by atoms with van der Waals surface area (Å²) in [5, 5.41) is 9.69. The van der Waals surface area contributed by atoms with Crippen molar-refractivity contribution in [3.05, 3.63) is 36.5 Å². The minimum atomic E-state index is -0.948. The minimum absolute atomic E-state index is 0.102. The van der Waals surface area contributed by atoms with E-state index in [1.807, 2.05) is 20.8 Å². The molecule has 0 amide bonds. The molecule has 0 spiro atoms. The Labute approximate surface area is 145 Å². The Bertz CT molecular complexity index is 478. The van der Waals surface area contributed by atoms with E-state index < -0.39 is 5.41 Å². The van der Waals surface area contributed by atoms with E-state index in [0.717, 1.165) is 5.57 Å². The van der Waals surface area contributed by atoms with Gasteiger partial charge in [0, 0.05) is 12.8 Å². The molecule has 0 aromatic carbocycles. The molecule has 134 valence electrons. The summed E-state index contributed by atoms with van der Waals surface area (Å²) in [4.78, 5) is 22.8. The van der Waals surface area contributed by atoms with Gasteiger partial charge in [0.15, 0.2) is 0 Å². The van der Waals surface area contributed by atoms with Gasteiger partial charge in [-0.25, -0.2) is 0 Å². The van der Waals surface area contributed by atoms with Gasteiger partial charge in [-0.2, -0.15) is 5.26 Å². The third-order valence-electron chi connectivity index (χ3n) is 3.46. The fraction of sp³-hybridized carbons (Fsp3) is 0.526. The third-order valence-corrected chi connectivity index (χ3v) is 3.46. The normalized spacial score (nSPS) is 11.1. The molecule has 0 aliphatic carbocycles. The number of allylic oxidation sites excluding steroid dienone is 5. The molecular weight excluding hydrogens is 306 g/mol. The molecule has 0 aliphatic heterocycles. The molecule has 0 fully saturated rings. The Balaban J connectivity index is 0. The first-order valence-electron chi connectivity index (χ1n) is 8.00. The van der Waals surface area contributed by atoms with E-state index in [1.54, 1.807) is 24.3 Å². The van der Waals surface area contributed by atoms with Crippen molar-refractivity contribution in [2.45, 2.75) is 46.5 Å². The highest BCUT2D eigenvalue weighted by Gasteiger charge is 2.34. The van der Waals surface area contributed by atoms with Crippen LogP contribution in [-0.2, 0) is 19.1 Å². The van der Waals surface area contributed by atoms with Crippen molar-refractivity contribution >= 4 is 11.9 Å². The molecule has 5 heteroatoms. The summed E-state index contributed by atoms with van der Waals surface area (Å²) < 4.78 is 9.28. The summed E-state index contributed by atoms with van der Waals surface area (Å²) in [7, 11) is 2.61. The van der Waals surface area contributed by atoms with Gasteiger partial charge in [0.05, 0.1) is 25.7 Å². The van der Waals surface area contributed by atoms with Crippen molar-refractivity contribution in [3.8, 4) is 6.07 Å². The molecule has 0 heterocycles. The standard InChI is InChI=1S/C17H23NO4.C2H6/c1-5-7-8-14(6-2)17(13-18,11-9-15(19)21-3)12-10-16(20)22-4;1-2/h5-8H,1,9-12H2,2-4H3;1-2H3/b8-7-,14-6+;. The molecule has 24 heavy (non-hydrogen) atoms. The topological polar surface area (TPSA) is 76.4 Å². The maximum atomic E-state index is 11.4. The number of nitrogens with zero attached hydrogens (tertiary/aromatic N) is 1. The lowest BCUT2D eigenvalue weighted by Crippen LogP contribution is -2.24. The van der Waals surface area contributed by atoms with Crippen LogP contribution in [0.25, 0.3) is 0 Å². The van der Waals surface area contributed by atoms with Crippen LogP contribution in [0.5, 0.6) is 0 Å². The zero-order valence-electron chi connectivity index (χ0n) is 15.4. The van der Waals surface area contributed by atoms with Gasteiger partial charge in [-0.1, -0.05) is 44.7 Å². The second-order valence-corrected chi connectivity index (χ2v) is 4.69. The van der Waals surface area contributed by atoms with Gasteiger partial charge >= 0.3 is 11.9 Å². The van der Waals surface area contributed by atoms with Crippen molar-refractivity contribution in [1.82, 2.24) is 0 Å².